The normalized spacial score (nSPS) is 14.7. The highest BCUT2D eigenvalue weighted by molar-refractivity contribution is 5.91. The zero-order chi connectivity index (χ0) is 23.0. The molecule has 0 aromatic carbocycles. The van der Waals surface area contributed by atoms with Crippen LogP contribution >= 0.6 is 0 Å². The van der Waals surface area contributed by atoms with Crippen molar-refractivity contribution in [1.29, 1.82) is 0 Å². The van der Waals surface area contributed by atoms with Gasteiger partial charge < -0.3 is 0 Å². The Bertz CT molecular complexity index is 497. The molecule has 0 unspecified atom stereocenters. The van der Waals surface area contributed by atoms with E-state index in [-0.39, 0.29) is 23.0 Å². The van der Waals surface area contributed by atoms with E-state index < -0.39 is 0 Å². The van der Waals surface area contributed by atoms with E-state index in [1.807, 2.05) is 46.8 Å². The Balaban J connectivity index is 0. The molecule has 1 rings (SSSR count). The number of carbonyl (C=O) groups excluding carboxylic acids is 2. The summed E-state index contributed by atoms with van der Waals surface area (Å²) in [5, 5.41) is 0. The van der Waals surface area contributed by atoms with Gasteiger partial charge in [-0.05, 0) is 59.9 Å². The first-order valence-corrected chi connectivity index (χ1v) is 11.3. The summed E-state index contributed by atoms with van der Waals surface area (Å²) in [7, 11) is 4.19. The molecule has 0 saturated heterocycles. The second-order valence-corrected chi connectivity index (χ2v) is 8.76. The van der Waals surface area contributed by atoms with E-state index in [0.29, 0.717) is 6.42 Å². The molecule has 0 bridgehead atoms. The third-order valence-electron chi connectivity index (χ3n) is 5.12. The van der Waals surface area contributed by atoms with E-state index in [1.165, 1.54) is 19.3 Å². The molecule has 0 aromatic rings. The van der Waals surface area contributed by atoms with Gasteiger partial charge in [-0.2, -0.15) is 0 Å². The van der Waals surface area contributed by atoms with Crippen LogP contribution in [0.5, 0.6) is 0 Å². The minimum atomic E-state index is 0.103. The maximum Gasteiger partial charge on any atom is 0.157 e. The highest BCUT2D eigenvalue weighted by Crippen LogP contribution is 2.23. The number of rotatable bonds is 9. The second-order valence-electron chi connectivity index (χ2n) is 8.76. The number of allylic oxidation sites excluding steroid dienone is 2. The molecule has 4 heteroatoms. The summed E-state index contributed by atoms with van der Waals surface area (Å²) in [5.74, 6) is 0.528. The molecule has 0 aromatic heterocycles. The van der Waals surface area contributed by atoms with Gasteiger partial charge in [0.1, 0.15) is 0 Å². The third-order valence-corrected chi connectivity index (χ3v) is 5.12. The number of hydrogen-bond acceptors (Lipinski definition) is 4. The summed E-state index contributed by atoms with van der Waals surface area (Å²) in [5.41, 5.74) is 0.158. The Labute approximate surface area is 181 Å². The zero-order valence-electron chi connectivity index (χ0n) is 20.9. The largest absolute Gasteiger partial charge is 0.300 e. The van der Waals surface area contributed by atoms with Crippen molar-refractivity contribution < 1.29 is 9.59 Å². The van der Waals surface area contributed by atoms with E-state index in [9.17, 15) is 9.59 Å². The van der Waals surface area contributed by atoms with Crippen LogP contribution in [0.4, 0.5) is 0 Å². The number of nitrogens with zero attached hydrogens (tertiary/aromatic N) is 2. The Morgan fingerprint density at radius 1 is 1.00 bits per heavy atom. The summed E-state index contributed by atoms with van der Waals surface area (Å²) in [6.45, 7) is 17.9. The topological polar surface area (TPSA) is 40.6 Å². The molecule has 0 N–H and O–H groups in total. The fraction of sp³-hybridized carbons (Fsp3) is 0.760. The molecule has 4 nitrogen and oxygen atoms in total. The average Bonchev–Trinajstić information content (AvgIpc) is 2.61. The lowest BCUT2D eigenvalue weighted by molar-refractivity contribution is -0.117. The standard InChI is InChI=1S/C12H23NO.C11H19NO.C2H6/c1-10(2)11(14)8-7-9-13(6)12(3,4)5;1-3-11(13)8-5-9-12(2)10-6-4-7-10;1-2/h7-8,10H,9H2,1-6H3;5,8,10H,3-4,6-7,9H2,1-2H3;1-2H3/b8-7+;8-5+;. The molecule has 1 saturated carbocycles. The van der Waals surface area contributed by atoms with Crippen LogP contribution in [-0.4, -0.2) is 60.1 Å². The van der Waals surface area contributed by atoms with Crippen molar-refractivity contribution in [3.05, 3.63) is 24.3 Å². The highest BCUT2D eigenvalue weighted by Gasteiger charge is 2.20. The summed E-state index contributed by atoms with van der Waals surface area (Å²) < 4.78 is 0. The monoisotopic (exact) mass is 408 g/mol. The van der Waals surface area contributed by atoms with Crippen LogP contribution in [0.1, 0.15) is 81.1 Å². The molecule has 0 amide bonds. The average molecular weight is 409 g/mol. The van der Waals surface area contributed by atoms with Crippen LogP contribution < -0.4 is 0 Å². The van der Waals surface area contributed by atoms with Crippen molar-refractivity contribution in [2.75, 3.05) is 27.2 Å². The van der Waals surface area contributed by atoms with Gasteiger partial charge in [-0.3, -0.25) is 19.4 Å². The summed E-state index contributed by atoms with van der Waals surface area (Å²) >= 11 is 0. The van der Waals surface area contributed by atoms with E-state index in [0.717, 1.165) is 19.1 Å². The van der Waals surface area contributed by atoms with Crippen molar-refractivity contribution in [2.24, 2.45) is 5.92 Å². The predicted molar refractivity (Wildman–Crippen MR) is 127 cm³/mol. The number of ketones is 2. The molecule has 29 heavy (non-hydrogen) atoms. The van der Waals surface area contributed by atoms with Gasteiger partial charge in [0.2, 0.25) is 0 Å². The molecule has 1 aliphatic carbocycles. The van der Waals surface area contributed by atoms with Gasteiger partial charge in [-0.25, -0.2) is 0 Å². The molecule has 0 spiro atoms. The minimum Gasteiger partial charge on any atom is -0.300 e. The van der Waals surface area contributed by atoms with E-state index in [2.05, 4.69) is 44.7 Å². The Hall–Kier alpha value is -1.26. The van der Waals surface area contributed by atoms with Gasteiger partial charge in [0.25, 0.3) is 0 Å². The Kier molecular flexibility index (Phi) is 17.1. The molecule has 0 aliphatic heterocycles. The van der Waals surface area contributed by atoms with Crippen molar-refractivity contribution >= 4 is 11.6 Å². The van der Waals surface area contributed by atoms with Crippen LogP contribution in [0.3, 0.4) is 0 Å². The lowest BCUT2D eigenvalue weighted by atomic mass is 9.92. The number of carbonyl (C=O) groups is 2. The smallest absolute Gasteiger partial charge is 0.157 e. The first-order chi connectivity index (χ1) is 13.5. The molecule has 0 heterocycles. The predicted octanol–water partition coefficient (Wildman–Crippen LogP) is 5.53. The number of hydrogen-bond donors (Lipinski definition) is 0. The molecular weight excluding hydrogens is 360 g/mol. The lowest BCUT2D eigenvalue weighted by Crippen LogP contribution is -2.38. The molecule has 170 valence electrons. The number of likely N-dealkylation sites (N-methyl/N-ethyl adjacent to an activating group) is 2. The molecule has 1 fully saturated rings. The van der Waals surface area contributed by atoms with Gasteiger partial charge in [0, 0.05) is 37.0 Å². The van der Waals surface area contributed by atoms with Crippen molar-refractivity contribution in [3.8, 4) is 0 Å². The van der Waals surface area contributed by atoms with Gasteiger partial charge in [-0.1, -0.05) is 53.2 Å². The van der Waals surface area contributed by atoms with Crippen molar-refractivity contribution in [1.82, 2.24) is 9.80 Å². The van der Waals surface area contributed by atoms with Crippen molar-refractivity contribution in [2.45, 2.75) is 92.7 Å². The summed E-state index contributed by atoms with van der Waals surface area (Å²) in [4.78, 5) is 26.7. The SMILES string of the molecule is CC.CC(C)C(=O)/C=C/CN(C)C(C)(C)C.CCC(=O)/C=C/CN(C)C1CCC1. The van der Waals surface area contributed by atoms with Gasteiger partial charge in [0.15, 0.2) is 11.6 Å². The van der Waals surface area contributed by atoms with Crippen LogP contribution in [0.15, 0.2) is 24.3 Å². The zero-order valence-corrected chi connectivity index (χ0v) is 20.9. The summed E-state index contributed by atoms with van der Waals surface area (Å²) in [6.07, 6.45) is 11.9. The van der Waals surface area contributed by atoms with E-state index in [4.69, 9.17) is 0 Å². The molecule has 1 aliphatic rings. The highest BCUT2D eigenvalue weighted by atomic mass is 16.1. The Morgan fingerprint density at radius 3 is 1.90 bits per heavy atom. The van der Waals surface area contributed by atoms with Crippen LogP contribution in [-0.2, 0) is 9.59 Å². The molecule has 0 atom stereocenters. The summed E-state index contributed by atoms with van der Waals surface area (Å²) in [6, 6.07) is 0.765. The van der Waals surface area contributed by atoms with Gasteiger partial charge >= 0.3 is 0 Å². The fourth-order valence-corrected chi connectivity index (χ4v) is 2.24. The van der Waals surface area contributed by atoms with E-state index >= 15 is 0 Å². The minimum absolute atomic E-state index is 0.103. The van der Waals surface area contributed by atoms with Gasteiger partial charge in [0.05, 0.1) is 0 Å². The van der Waals surface area contributed by atoms with Crippen LogP contribution in [0.25, 0.3) is 0 Å². The van der Waals surface area contributed by atoms with E-state index in [1.54, 1.807) is 12.2 Å². The van der Waals surface area contributed by atoms with Crippen LogP contribution in [0, 0.1) is 5.92 Å². The molecule has 0 radical (unpaired) electrons. The maximum absolute atomic E-state index is 11.3. The fourth-order valence-electron chi connectivity index (χ4n) is 2.24. The quantitative estimate of drug-likeness (QED) is 0.470. The van der Waals surface area contributed by atoms with Crippen LogP contribution in [0.2, 0.25) is 0 Å². The first-order valence-electron chi connectivity index (χ1n) is 11.3. The third kappa shape index (κ3) is 15.3. The molecular formula is C25H48N2O2. The Morgan fingerprint density at radius 2 is 1.52 bits per heavy atom. The first kappa shape index (κ1) is 29.9. The maximum atomic E-state index is 11.3. The lowest BCUT2D eigenvalue weighted by Gasteiger charge is -2.33. The second kappa shape index (κ2) is 16.5. The van der Waals surface area contributed by atoms with Gasteiger partial charge in [-0.15, -0.1) is 0 Å². The van der Waals surface area contributed by atoms with Crippen molar-refractivity contribution in [3.63, 3.8) is 0 Å².